The number of rotatable bonds is 4. The number of anilines is 1. The topological polar surface area (TPSA) is 56.4 Å². The van der Waals surface area contributed by atoms with Crippen molar-refractivity contribution in [3.8, 4) is 0 Å². The van der Waals surface area contributed by atoms with Crippen LogP contribution in [0.3, 0.4) is 0 Å². The van der Waals surface area contributed by atoms with Crippen molar-refractivity contribution < 1.29 is 13.9 Å². The lowest BCUT2D eigenvalue weighted by atomic mass is 10.1. The van der Waals surface area contributed by atoms with Gasteiger partial charge in [-0.05, 0) is 38.3 Å². The van der Waals surface area contributed by atoms with E-state index in [0.29, 0.717) is 12.2 Å². The highest BCUT2D eigenvalue weighted by Gasteiger charge is 2.22. The molecule has 3 heterocycles. The quantitative estimate of drug-likeness (QED) is 0.769. The fraction of sp³-hybridized carbons (Fsp3) is 0.350. The minimum atomic E-state index is -0.133. The molecule has 0 aliphatic carbocycles. The van der Waals surface area contributed by atoms with Gasteiger partial charge in [0.25, 0.3) is 5.91 Å². The van der Waals surface area contributed by atoms with Crippen LogP contribution in [0.2, 0.25) is 0 Å². The smallest absolute Gasteiger partial charge is 0.272 e. The van der Waals surface area contributed by atoms with Crippen LogP contribution in [0.15, 0.2) is 47.1 Å². The molecular weight excluding hydrogens is 316 g/mol. The van der Waals surface area contributed by atoms with Crippen LogP contribution in [0.1, 0.15) is 35.3 Å². The molecule has 1 aliphatic heterocycles. The maximum atomic E-state index is 12.8. The molecule has 1 aromatic carbocycles. The normalized spacial score (nSPS) is 17.7. The number of amides is 1. The summed E-state index contributed by atoms with van der Waals surface area (Å²) in [7, 11) is 0. The van der Waals surface area contributed by atoms with Crippen molar-refractivity contribution in [2.24, 2.45) is 0 Å². The molecule has 130 valence electrons. The second-order valence-corrected chi connectivity index (χ2v) is 6.62. The lowest BCUT2D eigenvalue weighted by Crippen LogP contribution is -2.27. The number of benzene rings is 1. The molecular formula is C20H22N2O3. The Morgan fingerprint density at radius 2 is 2.08 bits per heavy atom. The molecule has 1 fully saturated rings. The van der Waals surface area contributed by atoms with Crippen LogP contribution in [0, 0.1) is 6.92 Å². The van der Waals surface area contributed by atoms with Crippen LogP contribution in [0.4, 0.5) is 5.69 Å². The van der Waals surface area contributed by atoms with Crippen molar-refractivity contribution in [3.05, 3.63) is 53.9 Å². The highest BCUT2D eigenvalue weighted by molar-refractivity contribution is 6.05. The number of furan rings is 1. The van der Waals surface area contributed by atoms with Crippen molar-refractivity contribution >= 4 is 22.7 Å². The lowest BCUT2D eigenvalue weighted by Gasteiger charge is -2.24. The molecule has 25 heavy (non-hydrogen) atoms. The summed E-state index contributed by atoms with van der Waals surface area (Å²) in [5, 5.41) is 2.97. The van der Waals surface area contributed by atoms with Gasteiger partial charge in [-0.3, -0.25) is 4.79 Å². The molecule has 1 amide bonds. The number of nitrogens with one attached hydrogen (secondary N) is 1. The van der Waals surface area contributed by atoms with E-state index < -0.39 is 0 Å². The van der Waals surface area contributed by atoms with E-state index in [2.05, 4.69) is 5.32 Å². The highest BCUT2D eigenvalue weighted by Crippen LogP contribution is 2.25. The van der Waals surface area contributed by atoms with Crippen LogP contribution in [0.5, 0.6) is 0 Å². The maximum Gasteiger partial charge on any atom is 0.272 e. The molecule has 1 unspecified atom stereocenters. The average molecular weight is 338 g/mol. The van der Waals surface area contributed by atoms with Crippen molar-refractivity contribution in [3.63, 3.8) is 0 Å². The van der Waals surface area contributed by atoms with Gasteiger partial charge < -0.3 is 19.0 Å². The molecule has 5 heteroatoms. The second kappa shape index (κ2) is 6.76. The standard InChI is InChI=1S/C20H22N2O3/c1-14-5-7-15(8-6-14)21-20(23)18-12-19-17(9-11-25-19)22(18)13-16-4-2-3-10-24-16/h5-9,11-12,16H,2-4,10,13H2,1H3,(H,21,23). The molecule has 0 bridgehead atoms. The molecule has 0 saturated carbocycles. The van der Waals surface area contributed by atoms with Gasteiger partial charge in [0.05, 0.1) is 17.9 Å². The van der Waals surface area contributed by atoms with E-state index in [1.807, 2.05) is 47.9 Å². The Kier molecular flexibility index (Phi) is 4.32. The summed E-state index contributed by atoms with van der Waals surface area (Å²) >= 11 is 0. The third-order valence-electron chi connectivity index (χ3n) is 4.73. The Labute approximate surface area is 146 Å². The van der Waals surface area contributed by atoms with Gasteiger partial charge in [-0.1, -0.05) is 17.7 Å². The monoisotopic (exact) mass is 338 g/mol. The molecule has 1 aliphatic rings. The zero-order chi connectivity index (χ0) is 17.2. The van der Waals surface area contributed by atoms with E-state index in [1.165, 1.54) is 6.42 Å². The molecule has 1 N–H and O–H groups in total. The summed E-state index contributed by atoms with van der Waals surface area (Å²) in [6, 6.07) is 11.5. The number of nitrogens with zero attached hydrogens (tertiary/aromatic N) is 1. The molecule has 4 rings (SSSR count). The van der Waals surface area contributed by atoms with Crippen molar-refractivity contribution in [2.75, 3.05) is 11.9 Å². The first-order chi connectivity index (χ1) is 12.2. The summed E-state index contributed by atoms with van der Waals surface area (Å²) in [5.41, 5.74) is 4.21. The summed E-state index contributed by atoms with van der Waals surface area (Å²) in [6.07, 6.45) is 5.11. The minimum Gasteiger partial charge on any atom is -0.463 e. The minimum absolute atomic E-state index is 0.133. The fourth-order valence-corrected chi connectivity index (χ4v) is 3.35. The molecule has 3 aromatic rings. The molecule has 1 saturated heterocycles. The Morgan fingerprint density at radius 1 is 1.24 bits per heavy atom. The number of aromatic nitrogens is 1. The second-order valence-electron chi connectivity index (χ2n) is 6.62. The van der Waals surface area contributed by atoms with Crippen molar-refractivity contribution in [1.82, 2.24) is 4.57 Å². The number of carbonyl (C=O) groups is 1. The summed E-state index contributed by atoms with van der Waals surface area (Å²) in [5.74, 6) is -0.133. The first-order valence-corrected chi connectivity index (χ1v) is 8.77. The molecule has 0 spiro atoms. The van der Waals surface area contributed by atoms with Gasteiger partial charge in [0.15, 0.2) is 5.58 Å². The number of ether oxygens (including phenoxy) is 1. The molecule has 0 radical (unpaired) electrons. The third kappa shape index (κ3) is 3.33. The van der Waals surface area contributed by atoms with E-state index in [-0.39, 0.29) is 12.0 Å². The highest BCUT2D eigenvalue weighted by atomic mass is 16.5. The zero-order valence-electron chi connectivity index (χ0n) is 14.3. The van der Waals surface area contributed by atoms with Crippen LogP contribution < -0.4 is 5.32 Å². The van der Waals surface area contributed by atoms with E-state index in [0.717, 1.165) is 41.8 Å². The van der Waals surface area contributed by atoms with Gasteiger partial charge in [0.2, 0.25) is 0 Å². The molecule has 1 atom stereocenters. The van der Waals surface area contributed by atoms with Gasteiger partial charge in [0.1, 0.15) is 5.69 Å². The van der Waals surface area contributed by atoms with Gasteiger partial charge in [0, 0.05) is 31.0 Å². The van der Waals surface area contributed by atoms with Crippen molar-refractivity contribution in [1.29, 1.82) is 0 Å². The Morgan fingerprint density at radius 3 is 2.84 bits per heavy atom. The Hall–Kier alpha value is -2.53. The number of fused-ring (bicyclic) bond motifs is 1. The predicted molar refractivity (Wildman–Crippen MR) is 96.9 cm³/mol. The SMILES string of the molecule is Cc1ccc(NC(=O)c2cc3occc3n2CC2CCCCO2)cc1. The van der Waals surface area contributed by atoms with Crippen LogP contribution in [-0.2, 0) is 11.3 Å². The predicted octanol–water partition coefficient (Wildman–Crippen LogP) is 4.36. The fourth-order valence-electron chi connectivity index (χ4n) is 3.35. The lowest BCUT2D eigenvalue weighted by molar-refractivity contribution is 0.00642. The number of hydrogen-bond acceptors (Lipinski definition) is 3. The largest absolute Gasteiger partial charge is 0.463 e. The molecule has 2 aromatic heterocycles. The first-order valence-electron chi connectivity index (χ1n) is 8.77. The molecule has 5 nitrogen and oxygen atoms in total. The third-order valence-corrected chi connectivity index (χ3v) is 4.73. The average Bonchev–Trinajstić information content (AvgIpc) is 3.21. The number of carbonyl (C=O) groups excluding carboxylic acids is 1. The van der Waals surface area contributed by atoms with Crippen LogP contribution in [0.25, 0.3) is 11.1 Å². The zero-order valence-corrected chi connectivity index (χ0v) is 14.3. The van der Waals surface area contributed by atoms with E-state index >= 15 is 0 Å². The Bertz CT molecular complexity index is 870. The van der Waals surface area contributed by atoms with E-state index in [9.17, 15) is 4.79 Å². The summed E-state index contributed by atoms with van der Waals surface area (Å²) in [6.45, 7) is 3.49. The van der Waals surface area contributed by atoms with Gasteiger partial charge >= 0.3 is 0 Å². The van der Waals surface area contributed by atoms with Crippen molar-refractivity contribution in [2.45, 2.75) is 38.8 Å². The van der Waals surface area contributed by atoms with Gasteiger partial charge in [-0.25, -0.2) is 0 Å². The van der Waals surface area contributed by atoms with E-state index in [4.69, 9.17) is 9.15 Å². The van der Waals surface area contributed by atoms with Crippen LogP contribution in [-0.4, -0.2) is 23.2 Å². The van der Waals surface area contributed by atoms with Gasteiger partial charge in [-0.15, -0.1) is 0 Å². The maximum absolute atomic E-state index is 12.8. The summed E-state index contributed by atoms with van der Waals surface area (Å²) < 4.78 is 13.4. The number of hydrogen-bond donors (Lipinski definition) is 1. The summed E-state index contributed by atoms with van der Waals surface area (Å²) in [4.78, 5) is 12.8. The van der Waals surface area contributed by atoms with Crippen LogP contribution >= 0.6 is 0 Å². The number of aryl methyl sites for hydroxylation is 1. The Balaban J connectivity index is 1.61. The first kappa shape index (κ1) is 16.0. The van der Waals surface area contributed by atoms with Gasteiger partial charge in [-0.2, -0.15) is 0 Å². The van der Waals surface area contributed by atoms with E-state index in [1.54, 1.807) is 6.26 Å².